The molecule has 0 atom stereocenters. The summed E-state index contributed by atoms with van der Waals surface area (Å²) in [6.07, 6.45) is 0. The molecular weight excluding hydrogens is 735 g/mol. The Hall–Kier alpha value is -7.96. The van der Waals surface area contributed by atoms with E-state index in [2.05, 4.69) is 179 Å². The smallest absolute Gasteiger partial charge is 0.248 e. The second kappa shape index (κ2) is 11.0. The monoisotopic (exact) mass is 764 g/mol. The highest BCUT2D eigenvalue weighted by atomic mass is 16.3. The average Bonchev–Trinajstić information content (AvgIpc) is 4.11. The first kappa shape index (κ1) is 31.1. The van der Waals surface area contributed by atoms with Crippen LogP contribution in [-0.4, -0.2) is 11.3 Å². The minimum atomic E-state index is -0.0754. The highest BCUT2D eigenvalue weighted by molar-refractivity contribution is 7.02. The molecule has 6 heterocycles. The third kappa shape index (κ3) is 3.76. The van der Waals surface area contributed by atoms with E-state index < -0.39 is 0 Å². The number of rotatable bonds is 2. The number of para-hydroxylation sites is 6. The molecule has 0 radical (unpaired) electrons. The van der Waals surface area contributed by atoms with Crippen LogP contribution in [-0.2, 0) is 0 Å². The lowest BCUT2D eigenvalue weighted by Gasteiger charge is -2.36. The molecule has 4 aromatic heterocycles. The van der Waals surface area contributed by atoms with Crippen molar-refractivity contribution in [2.75, 3.05) is 4.90 Å². The molecule has 0 amide bonds. The zero-order valence-corrected chi connectivity index (χ0v) is 31.9. The van der Waals surface area contributed by atoms with Gasteiger partial charge in [0.1, 0.15) is 22.3 Å². The lowest BCUT2D eigenvalue weighted by molar-refractivity contribution is 0.666. The molecule has 0 unspecified atom stereocenters. The summed E-state index contributed by atoms with van der Waals surface area (Å²) in [6.45, 7) is -0.0754. The Labute approximate surface area is 341 Å². The van der Waals surface area contributed by atoms with Gasteiger partial charge in [-0.3, -0.25) is 0 Å². The zero-order chi connectivity index (χ0) is 38.8. The molecule has 60 heavy (non-hydrogen) atoms. The van der Waals surface area contributed by atoms with Crippen LogP contribution >= 0.6 is 0 Å². The third-order valence-corrected chi connectivity index (χ3v) is 13.4. The van der Waals surface area contributed by atoms with Gasteiger partial charge in [0.2, 0.25) is 6.71 Å². The van der Waals surface area contributed by atoms with Crippen LogP contribution < -0.4 is 21.3 Å². The summed E-state index contributed by atoms with van der Waals surface area (Å²) in [5, 5.41) is 9.03. The van der Waals surface area contributed by atoms with Crippen LogP contribution in [0, 0.1) is 0 Å². The first-order valence-corrected chi connectivity index (χ1v) is 20.5. The van der Waals surface area contributed by atoms with Crippen LogP contribution in [0.2, 0.25) is 0 Å². The van der Waals surface area contributed by atoms with Crippen molar-refractivity contribution in [3.63, 3.8) is 0 Å². The number of nitrogens with zero attached hydrogens (tertiary/aromatic N) is 2. The Balaban J connectivity index is 1.15. The van der Waals surface area contributed by atoms with Crippen LogP contribution in [0.15, 0.2) is 189 Å². The second-order valence-corrected chi connectivity index (χ2v) is 16.3. The van der Waals surface area contributed by atoms with Crippen molar-refractivity contribution in [1.29, 1.82) is 0 Å². The van der Waals surface area contributed by atoms with Crippen molar-refractivity contribution in [2.45, 2.75) is 0 Å². The maximum Gasteiger partial charge on any atom is 0.248 e. The van der Waals surface area contributed by atoms with Crippen molar-refractivity contribution in [3.05, 3.63) is 176 Å². The Kier molecular flexibility index (Phi) is 5.67. The van der Waals surface area contributed by atoms with Gasteiger partial charge in [-0.05, 0) is 65.0 Å². The van der Waals surface area contributed by atoms with Crippen LogP contribution in [0.1, 0.15) is 0 Å². The van der Waals surface area contributed by atoms with Crippen LogP contribution in [0.3, 0.4) is 0 Å². The lowest BCUT2D eigenvalue weighted by Crippen LogP contribution is -2.54. The molecule has 276 valence electrons. The zero-order valence-electron chi connectivity index (χ0n) is 31.9. The largest absolute Gasteiger partial charge is 0.455 e. The third-order valence-electron chi connectivity index (χ3n) is 13.4. The van der Waals surface area contributed by atoms with E-state index in [1.54, 1.807) is 0 Å². The standard InChI is InChI=1S/C54H29BN2O3/c1-6-18-42-31(12-1)32-13-2-7-19-43(32)56(42)30-28-39-49-40(26-24-37-34-15-4-9-22-47(34)59-53(37)49)55-41-27-25-38-35-16-5-10-23-48(35)60-54(38)51(41)57(45(29-30)50(39)55)44-20-11-17-36-33-14-3-8-21-46(33)58-52(36)44/h1-29H. The summed E-state index contributed by atoms with van der Waals surface area (Å²) in [5.41, 5.74) is 17.7. The van der Waals surface area contributed by atoms with Crippen molar-refractivity contribution in [1.82, 2.24) is 4.57 Å². The number of benzene rings is 9. The van der Waals surface area contributed by atoms with E-state index in [4.69, 9.17) is 13.3 Å². The Morgan fingerprint density at radius 3 is 1.57 bits per heavy atom. The topological polar surface area (TPSA) is 47.6 Å². The van der Waals surface area contributed by atoms with Gasteiger partial charge in [-0.25, -0.2) is 0 Å². The predicted octanol–water partition coefficient (Wildman–Crippen LogP) is 12.8. The lowest BCUT2D eigenvalue weighted by atomic mass is 9.37. The number of hydrogen-bond donors (Lipinski definition) is 0. The van der Waals surface area contributed by atoms with Gasteiger partial charge in [-0.1, -0.05) is 133 Å². The number of aromatic nitrogens is 1. The summed E-state index contributed by atoms with van der Waals surface area (Å²) in [6, 6.07) is 63.2. The van der Waals surface area contributed by atoms with E-state index in [0.717, 1.165) is 105 Å². The molecule has 15 rings (SSSR count). The Bertz CT molecular complexity index is 4000. The molecular formula is C54H29BN2O3. The van der Waals surface area contributed by atoms with Crippen LogP contribution in [0.25, 0.3) is 104 Å². The normalized spacial score (nSPS) is 13.3. The molecule has 0 N–H and O–H groups in total. The number of hydrogen-bond acceptors (Lipinski definition) is 4. The van der Waals surface area contributed by atoms with Gasteiger partial charge in [-0.2, -0.15) is 0 Å². The fourth-order valence-electron chi connectivity index (χ4n) is 11.0. The number of furan rings is 3. The molecule has 0 aliphatic carbocycles. The Morgan fingerprint density at radius 2 is 0.900 bits per heavy atom. The Morgan fingerprint density at radius 1 is 0.383 bits per heavy atom. The van der Waals surface area contributed by atoms with Gasteiger partial charge in [-0.15, -0.1) is 0 Å². The molecule has 5 nitrogen and oxygen atoms in total. The van der Waals surface area contributed by atoms with Crippen LogP contribution in [0.4, 0.5) is 17.1 Å². The average molecular weight is 765 g/mol. The van der Waals surface area contributed by atoms with Crippen molar-refractivity contribution in [3.8, 4) is 16.8 Å². The van der Waals surface area contributed by atoms with Gasteiger partial charge < -0.3 is 22.7 Å². The molecule has 0 saturated heterocycles. The summed E-state index contributed by atoms with van der Waals surface area (Å²) < 4.78 is 23.3. The first-order valence-electron chi connectivity index (χ1n) is 20.5. The van der Waals surface area contributed by atoms with Crippen molar-refractivity contribution < 1.29 is 13.3 Å². The molecule has 6 heteroatoms. The fourth-order valence-corrected chi connectivity index (χ4v) is 11.0. The molecule has 0 fully saturated rings. The van der Waals surface area contributed by atoms with E-state index in [-0.39, 0.29) is 6.71 Å². The van der Waals surface area contributed by atoms with Gasteiger partial charge >= 0.3 is 0 Å². The first-order chi connectivity index (χ1) is 29.8. The molecule has 9 aromatic carbocycles. The highest BCUT2D eigenvalue weighted by Crippen LogP contribution is 2.50. The van der Waals surface area contributed by atoms with Crippen molar-refractivity contribution >= 4 is 128 Å². The summed E-state index contributed by atoms with van der Waals surface area (Å²) >= 11 is 0. The van der Waals surface area contributed by atoms with Crippen LogP contribution in [0.5, 0.6) is 0 Å². The quantitative estimate of drug-likeness (QED) is 0.165. The van der Waals surface area contributed by atoms with Gasteiger partial charge in [0, 0.05) is 60.0 Å². The molecule has 13 aromatic rings. The van der Waals surface area contributed by atoms with Gasteiger partial charge in [0.25, 0.3) is 0 Å². The molecule has 0 bridgehead atoms. The fraction of sp³-hybridized carbons (Fsp3) is 0. The molecule has 0 spiro atoms. The van der Waals surface area contributed by atoms with E-state index in [1.165, 1.54) is 32.7 Å². The number of anilines is 3. The van der Waals surface area contributed by atoms with E-state index >= 15 is 0 Å². The van der Waals surface area contributed by atoms with E-state index in [9.17, 15) is 0 Å². The molecule has 2 aliphatic rings. The summed E-state index contributed by atoms with van der Waals surface area (Å²) in [5.74, 6) is 0. The molecule has 2 aliphatic heterocycles. The maximum atomic E-state index is 7.02. The van der Waals surface area contributed by atoms with Gasteiger partial charge in [0.15, 0.2) is 11.2 Å². The number of fused-ring (bicyclic) bond motifs is 19. The predicted molar refractivity (Wildman–Crippen MR) is 247 cm³/mol. The van der Waals surface area contributed by atoms with Gasteiger partial charge in [0.05, 0.1) is 22.4 Å². The summed E-state index contributed by atoms with van der Waals surface area (Å²) in [4.78, 5) is 2.44. The SMILES string of the molecule is c1ccc2c(c1)oc1c(N3c4cc(-n5c6ccccc6c6ccccc65)cc5c4B(c4ccc6c(oc7ccccc76)c4-5)c4ccc5c(oc6ccccc65)c43)cccc12. The van der Waals surface area contributed by atoms with Crippen molar-refractivity contribution in [2.24, 2.45) is 0 Å². The summed E-state index contributed by atoms with van der Waals surface area (Å²) in [7, 11) is 0. The molecule has 0 saturated carbocycles. The second-order valence-electron chi connectivity index (χ2n) is 16.3. The minimum Gasteiger partial charge on any atom is -0.455 e. The maximum absolute atomic E-state index is 7.02. The minimum absolute atomic E-state index is 0.0754. The highest BCUT2D eigenvalue weighted by Gasteiger charge is 2.46. The van der Waals surface area contributed by atoms with E-state index in [1.807, 2.05) is 6.07 Å². The van der Waals surface area contributed by atoms with E-state index in [0.29, 0.717) is 0 Å².